The molecule has 0 spiro atoms. The van der Waals surface area contributed by atoms with E-state index < -0.39 is 0 Å². The van der Waals surface area contributed by atoms with Crippen LogP contribution in [0.15, 0.2) is 18.6 Å². The largest absolute Gasteiger partial charge is 0.377 e. The Labute approximate surface area is 70.6 Å². The van der Waals surface area contributed by atoms with Crippen molar-refractivity contribution in [3.63, 3.8) is 0 Å². The molecule has 0 atom stereocenters. The Kier molecular flexibility index (Phi) is 3.35. The number of ketones is 1. The Bertz CT molecular complexity index is 248. The van der Waals surface area contributed by atoms with Crippen molar-refractivity contribution in [1.82, 2.24) is 9.97 Å². The molecule has 1 rings (SSSR count). The van der Waals surface area contributed by atoms with Gasteiger partial charge in [-0.15, -0.1) is 0 Å². The molecule has 0 aliphatic heterocycles. The number of nitrogens with zero attached hydrogens (tertiary/aromatic N) is 2. The van der Waals surface area contributed by atoms with E-state index in [-0.39, 0.29) is 12.4 Å². The highest BCUT2D eigenvalue weighted by atomic mass is 16.5. The summed E-state index contributed by atoms with van der Waals surface area (Å²) in [5, 5.41) is 0. The van der Waals surface area contributed by atoms with Crippen molar-refractivity contribution in [1.29, 1.82) is 0 Å². The first-order valence-electron chi connectivity index (χ1n) is 3.58. The van der Waals surface area contributed by atoms with Crippen LogP contribution in [0.4, 0.5) is 0 Å². The van der Waals surface area contributed by atoms with Gasteiger partial charge in [0.1, 0.15) is 6.61 Å². The molecule has 4 heteroatoms. The lowest BCUT2D eigenvalue weighted by molar-refractivity contribution is -0.122. The molecule has 1 heterocycles. The minimum atomic E-state index is 0.0120. The standard InChI is InChI=1S/C8H10N2O2/c1-12-6-8(11)4-7-5-9-2-3-10-7/h2-3,5H,4,6H2,1H3. The van der Waals surface area contributed by atoms with Gasteiger partial charge in [-0.1, -0.05) is 0 Å². The lowest BCUT2D eigenvalue weighted by atomic mass is 10.2. The molecule has 0 fully saturated rings. The third-order valence-corrected chi connectivity index (χ3v) is 1.30. The average molecular weight is 166 g/mol. The molecular formula is C8H10N2O2. The summed E-state index contributed by atoms with van der Waals surface area (Å²) in [7, 11) is 1.49. The van der Waals surface area contributed by atoms with Crippen LogP contribution in [0, 0.1) is 0 Å². The topological polar surface area (TPSA) is 52.1 Å². The fraction of sp³-hybridized carbons (Fsp3) is 0.375. The van der Waals surface area contributed by atoms with Crippen LogP contribution in [-0.4, -0.2) is 29.5 Å². The number of carbonyl (C=O) groups excluding carboxylic acids is 1. The number of ether oxygens (including phenoxy) is 1. The van der Waals surface area contributed by atoms with Crippen LogP contribution >= 0.6 is 0 Å². The van der Waals surface area contributed by atoms with Gasteiger partial charge in [0.2, 0.25) is 0 Å². The first-order valence-corrected chi connectivity index (χ1v) is 3.58. The van der Waals surface area contributed by atoms with Crippen molar-refractivity contribution >= 4 is 5.78 Å². The summed E-state index contributed by atoms with van der Waals surface area (Å²) < 4.78 is 4.68. The number of rotatable bonds is 4. The first kappa shape index (κ1) is 8.80. The van der Waals surface area contributed by atoms with Crippen LogP contribution in [0.25, 0.3) is 0 Å². The number of aromatic nitrogens is 2. The normalized spacial score (nSPS) is 9.75. The molecule has 0 aromatic carbocycles. The summed E-state index contributed by atoms with van der Waals surface area (Å²) in [5.74, 6) is 0.0120. The molecule has 0 bridgehead atoms. The number of methoxy groups -OCH3 is 1. The molecule has 64 valence electrons. The van der Waals surface area contributed by atoms with Crippen LogP contribution < -0.4 is 0 Å². The Hall–Kier alpha value is -1.29. The second-order valence-electron chi connectivity index (χ2n) is 2.35. The van der Waals surface area contributed by atoms with Crippen molar-refractivity contribution in [2.75, 3.05) is 13.7 Å². The van der Waals surface area contributed by atoms with Gasteiger partial charge < -0.3 is 4.74 Å². The highest BCUT2D eigenvalue weighted by Crippen LogP contribution is 1.92. The van der Waals surface area contributed by atoms with Gasteiger partial charge in [-0.05, 0) is 0 Å². The van der Waals surface area contributed by atoms with E-state index in [0.29, 0.717) is 12.1 Å². The summed E-state index contributed by atoms with van der Waals surface area (Å²) in [5.41, 5.74) is 0.680. The molecule has 0 unspecified atom stereocenters. The zero-order valence-corrected chi connectivity index (χ0v) is 6.86. The van der Waals surface area contributed by atoms with E-state index in [9.17, 15) is 4.79 Å². The van der Waals surface area contributed by atoms with Gasteiger partial charge in [-0.3, -0.25) is 14.8 Å². The van der Waals surface area contributed by atoms with Gasteiger partial charge in [0, 0.05) is 25.7 Å². The third-order valence-electron chi connectivity index (χ3n) is 1.30. The van der Waals surface area contributed by atoms with E-state index in [4.69, 9.17) is 0 Å². The van der Waals surface area contributed by atoms with Crippen LogP contribution in [0.5, 0.6) is 0 Å². The monoisotopic (exact) mass is 166 g/mol. The smallest absolute Gasteiger partial charge is 0.164 e. The van der Waals surface area contributed by atoms with Crippen molar-refractivity contribution in [2.24, 2.45) is 0 Å². The lowest BCUT2D eigenvalue weighted by Gasteiger charge is -1.97. The van der Waals surface area contributed by atoms with E-state index in [1.54, 1.807) is 18.6 Å². The van der Waals surface area contributed by atoms with E-state index in [1.807, 2.05) is 0 Å². The maximum atomic E-state index is 11.0. The zero-order valence-electron chi connectivity index (χ0n) is 6.86. The van der Waals surface area contributed by atoms with Crippen molar-refractivity contribution < 1.29 is 9.53 Å². The van der Waals surface area contributed by atoms with Gasteiger partial charge in [0.15, 0.2) is 5.78 Å². The fourth-order valence-corrected chi connectivity index (χ4v) is 0.835. The molecule has 0 aliphatic carbocycles. The van der Waals surface area contributed by atoms with Crippen molar-refractivity contribution in [3.8, 4) is 0 Å². The van der Waals surface area contributed by atoms with Gasteiger partial charge in [0.05, 0.1) is 12.1 Å². The van der Waals surface area contributed by atoms with E-state index in [1.165, 1.54) is 7.11 Å². The molecule has 0 saturated heterocycles. The average Bonchev–Trinajstić information content (AvgIpc) is 2.06. The molecule has 0 saturated carbocycles. The number of Topliss-reactive ketones (excluding diaryl/α,β-unsaturated/α-hetero) is 1. The van der Waals surface area contributed by atoms with Gasteiger partial charge in [-0.2, -0.15) is 0 Å². The summed E-state index contributed by atoms with van der Waals surface area (Å²) in [4.78, 5) is 18.8. The molecule has 1 aromatic heterocycles. The molecule has 0 N–H and O–H groups in total. The molecule has 1 aromatic rings. The molecule has 0 radical (unpaired) electrons. The number of hydrogen-bond acceptors (Lipinski definition) is 4. The molecule has 12 heavy (non-hydrogen) atoms. The Morgan fingerprint density at radius 2 is 2.42 bits per heavy atom. The number of carbonyl (C=O) groups is 1. The Morgan fingerprint density at radius 1 is 1.58 bits per heavy atom. The second kappa shape index (κ2) is 4.56. The third kappa shape index (κ3) is 2.75. The highest BCUT2D eigenvalue weighted by Gasteiger charge is 2.02. The minimum Gasteiger partial charge on any atom is -0.377 e. The quantitative estimate of drug-likeness (QED) is 0.642. The van der Waals surface area contributed by atoms with Crippen LogP contribution in [0.1, 0.15) is 5.69 Å². The maximum absolute atomic E-state index is 11.0. The predicted octanol–water partition coefficient (Wildman–Crippen LogP) is 0.235. The lowest BCUT2D eigenvalue weighted by Crippen LogP contribution is -2.10. The Balaban J connectivity index is 2.47. The summed E-state index contributed by atoms with van der Waals surface area (Å²) in [6.07, 6.45) is 5.01. The fourth-order valence-electron chi connectivity index (χ4n) is 0.835. The van der Waals surface area contributed by atoms with Crippen molar-refractivity contribution in [2.45, 2.75) is 6.42 Å². The summed E-state index contributed by atoms with van der Waals surface area (Å²) in [6, 6.07) is 0. The van der Waals surface area contributed by atoms with Crippen molar-refractivity contribution in [3.05, 3.63) is 24.3 Å². The maximum Gasteiger partial charge on any atom is 0.164 e. The Morgan fingerprint density at radius 3 is 3.00 bits per heavy atom. The molecular weight excluding hydrogens is 156 g/mol. The number of hydrogen-bond donors (Lipinski definition) is 0. The van der Waals surface area contributed by atoms with Crippen LogP contribution in [-0.2, 0) is 16.0 Å². The van der Waals surface area contributed by atoms with Crippen LogP contribution in [0.2, 0.25) is 0 Å². The van der Waals surface area contributed by atoms with Gasteiger partial charge >= 0.3 is 0 Å². The molecule has 0 aliphatic rings. The molecule has 4 nitrogen and oxygen atoms in total. The SMILES string of the molecule is COCC(=O)Cc1cnccn1. The second-order valence-corrected chi connectivity index (χ2v) is 2.35. The van der Waals surface area contributed by atoms with Gasteiger partial charge in [-0.25, -0.2) is 0 Å². The summed E-state index contributed by atoms with van der Waals surface area (Å²) >= 11 is 0. The van der Waals surface area contributed by atoms with E-state index in [0.717, 1.165) is 0 Å². The first-order chi connectivity index (χ1) is 5.83. The highest BCUT2D eigenvalue weighted by molar-refractivity contribution is 5.81. The predicted molar refractivity (Wildman–Crippen MR) is 42.6 cm³/mol. The molecule has 0 amide bonds. The van der Waals surface area contributed by atoms with Gasteiger partial charge in [0.25, 0.3) is 0 Å². The zero-order chi connectivity index (χ0) is 8.81. The summed E-state index contributed by atoms with van der Waals surface area (Å²) in [6.45, 7) is 0.135. The minimum absolute atomic E-state index is 0.0120. The van der Waals surface area contributed by atoms with Crippen LogP contribution in [0.3, 0.4) is 0 Å². The van der Waals surface area contributed by atoms with E-state index >= 15 is 0 Å². The van der Waals surface area contributed by atoms with E-state index in [2.05, 4.69) is 14.7 Å².